The van der Waals surface area contributed by atoms with E-state index in [4.69, 9.17) is 4.74 Å². The first kappa shape index (κ1) is 11.5. The summed E-state index contributed by atoms with van der Waals surface area (Å²) in [5, 5.41) is 3.44. The van der Waals surface area contributed by atoms with E-state index in [1.165, 1.54) is 5.56 Å². The van der Waals surface area contributed by atoms with Crippen LogP contribution in [0, 0.1) is 0 Å². The zero-order valence-corrected chi connectivity index (χ0v) is 10.2. The van der Waals surface area contributed by atoms with Gasteiger partial charge in [0.1, 0.15) is 11.9 Å². The average Bonchev–Trinajstić information content (AvgIpc) is 2.29. The van der Waals surface area contributed by atoms with Crippen molar-refractivity contribution in [1.82, 2.24) is 5.32 Å². The van der Waals surface area contributed by atoms with Crippen LogP contribution < -0.4 is 10.1 Å². The summed E-state index contributed by atoms with van der Waals surface area (Å²) in [6, 6.07) is 9.03. The van der Waals surface area contributed by atoms with Gasteiger partial charge in [-0.3, -0.25) is 0 Å². The largest absolute Gasteiger partial charge is 0.490 e. The highest BCUT2D eigenvalue weighted by Gasteiger charge is 2.19. The number of aryl methyl sites for hydroxylation is 1. The summed E-state index contributed by atoms with van der Waals surface area (Å²) in [4.78, 5) is 0. The lowest BCUT2D eigenvalue weighted by atomic mass is 10.0. The molecule has 1 saturated heterocycles. The molecule has 2 heteroatoms. The lowest BCUT2D eigenvalue weighted by Gasteiger charge is -2.28. The van der Waals surface area contributed by atoms with Gasteiger partial charge in [-0.1, -0.05) is 19.1 Å². The molecule has 2 rings (SSSR count). The third-order valence-electron chi connectivity index (χ3n) is 3.19. The summed E-state index contributed by atoms with van der Waals surface area (Å²) < 4.78 is 6.03. The van der Waals surface area contributed by atoms with Crippen molar-refractivity contribution >= 4 is 0 Å². The zero-order chi connectivity index (χ0) is 11.4. The van der Waals surface area contributed by atoms with E-state index in [2.05, 4.69) is 43.4 Å². The van der Waals surface area contributed by atoms with Gasteiger partial charge in [-0.2, -0.15) is 0 Å². The van der Waals surface area contributed by atoms with Crippen molar-refractivity contribution in [3.05, 3.63) is 29.8 Å². The Labute approximate surface area is 98.0 Å². The van der Waals surface area contributed by atoms with Crippen LogP contribution in [0.1, 0.15) is 32.3 Å². The quantitative estimate of drug-likeness (QED) is 0.844. The van der Waals surface area contributed by atoms with E-state index >= 15 is 0 Å². The highest BCUT2D eigenvalue weighted by molar-refractivity contribution is 5.28. The predicted octanol–water partition coefficient (Wildman–Crippen LogP) is 2.77. The maximum atomic E-state index is 6.03. The van der Waals surface area contributed by atoms with Crippen LogP contribution in [-0.4, -0.2) is 18.7 Å². The van der Waals surface area contributed by atoms with Crippen LogP contribution in [0.3, 0.4) is 0 Å². The van der Waals surface area contributed by atoms with E-state index in [9.17, 15) is 0 Å². The van der Waals surface area contributed by atoms with Crippen LogP contribution >= 0.6 is 0 Å². The number of hydrogen-bond acceptors (Lipinski definition) is 2. The molecule has 0 saturated carbocycles. The smallest absolute Gasteiger partial charge is 0.119 e. The van der Waals surface area contributed by atoms with Crippen molar-refractivity contribution in [2.24, 2.45) is 0 Å². The van der Waals surface area contributed by atoms with Gasteiger partial charge in [-0.15, -0.1) is 0 Å². The van der Waals surface area contributed by atoms with Crippen molar-refractivity contribution < 1.29 is 4.74 Å². The van der Waals surface area contributed by atoms with E-state index in [0.29, 0.717) is 12.1 Å². The first-order chi connectivity index (χ1) is 7.78. The Hall–Kier alpha value is -1.02. The van der Waals surface area contributed by atoms with Crippen LogP contribution in [0.25, 0.3) is 0 Å². The van der Waals surface area contributed by atoms with Crippen LogP contribution in [-0.2, 0) is 6.42 Å². The van der Waals surface area contributed by atoms with Gasteiger partial charge in [0.25, 0.3) is 0 Å². The molecule has 0 aromatic heterocycles. The molecule has 1 N–H and O–H groups in total. The van der Waals surface area contributed by atoms with Crippen molar-refractivity contribution in [1.29, 1.82) is 0 Å². The lowest BCUT2D eigenvalue weighted by molar-refractivity contribution is 0.144. The van der Waals surface area contributed by atoms with Gasteiger partial charge >= 0.3 is 0 Å². The summed E-state index contributed by atoms with van der Waals surface area (Å²) in [5.41, 5.74) is 1.35. The Morgan fingerprint density at radius 3 is 3.06 bits per heavy atom. The Morgan fingerprint density at radius 1 is 1.44 bits per heavy atom. The van der Waals surface area contributed by atoms with E-state index in [1.54, 1.807) is 0 Å². The van der Waals surface area contributed by atoms with E-state index in [-0.39, 0.29) is 0 Å². The molecule has 2 unspecified atom stereocenters. The average molecular weight is 219 g/mol. The van der Waals surface area contributed by atoms with Gasteiger partial charge in [0.2, 0.25) is 0 Å². The topological polar surface area (TPSA) is 21.3 Å². The fraction of sp³-hybridized carbons (Fsp3) is 0.571. The highest BCUT2D eigenvalue weighted by atomic mass is 16.5. The minimum absolute atomic E-state index is 0.378. The highest BCUT2D eigenvalue weighted by Crippen LogP contribution is 2.19. The summed E-state index contributed by atoms with van der Waals surface area (Å²) in [7, 11) is 0. The fourth-order valence-corrected chi connectivity index (χ4v) is 2.22. The molecular weight excluding hydrogens is 198 g/mol. The molecule has 1 heterocycles. The predicted molar refractivity (Wildman–Crippen MR) is 66.9 cm³/mol. The second kappa shape index (κ2) is 5.35. The van der Waals surface area contributed by atoms with Gasteiger partial charge in [0.05, 0.1) is 0 Å². The molecule has 0 amide bonds. The molecule has 1 aliphatic heterocycles. The minimum Gasteiger partial charge on any atom is -0.490 e. The Bertz CT molecular complexity index is 337. The van der Waals surface area contributed by atoms with E-state index in [0.717, 1.165) is 31.6 Å². The molecule has 1 aliphatic rings. The van der Waals surface area contributed by atoms with E-state index < -0.39 is 0 Å². The molecule has 1 aromatic carbocycles. The molecule has 0 aliphatic carbocycles. The molecular formula is C14H21NO. The Balaban J connectivity index is 1.97. The second-order valence-corrected chi connectivity index (χ2v) is 4.62. The van der Waals surface area contributed by atoms with Gasteiger partial charge < -0.3 is 10.1 Å². The second-order valence-electron chi connectivity index (χ2n) is 4.62. The first-order valence-corrected chi connectivity index (χ1v) is 6.27. The van der Waals surface area contributed by atoms with Crippen LogP contribution in [0.15, 0.2) is 24.3 Å². The number of benzene rings is 1. The van der Waals surface area contributed by atoms with Crippen molar-refractivity contribution in [2.75, 3.05) is 6.54 Å². The Morgan fingerprint density at radius 2 is 2.31 bits per heavy atom. The fourth-order valence-electron chi connectivity index (χ4n) is 2.22. The number of hydrogen-bond donors (Lipinski definition) is 1. The number of ether oxygens (including phenoxy) is 1. The third kappa shape index (κ3) is 2.99. The molecule has 88 valence electrons. The molecule has 1 fully saturated rings. The zero-order valence-electron chi connectivity index (χ0n) is 10.2. The number of piperidine rings is 1. The first-order valence-electron chi connectivity index (χ1n) is 6.27. The van der Waals surface area contributed by atoms with E-state index in [1.807, 2.05) is 0 Å². The van der Waals surface area contributed by atoms with Gasteiger partial charge in [0, 0.05) is 6.04 Å². The summed E-state index contributed by atoms with van der Waals surface area (Å²) in [6.07, 6.45) is 3.67. The van der Waals surface area contributed by atoms with Crippen LogP contribution in [0.5, 0.6) is 5.75 Å². The SMILES string of the molecule is CCc1cccc(OC2CCNC(C)C2)c1. The molecule has 0 radical (unpaired) electrons. The molecule has 16 heavy (non-hydrogen) atoms. The number of rotatable bonds is 3. The molecule has 0 bridgehead atoms. The third-order valence-corrected chi connectivity index (χ3v) is 3.19. The minimum atomic E-state index is 0.378. The van der Waals surface area contributed by atoms with Gasteiger partial charge in [-0.25, -0.2) is 0 Å². The monoisotopic (exact) mass is 219 g/mol. The Kier molecular flexibility index (Phi) is 3.83. The summed E-state index contributed by atoms with van der Waals surface area (Å²) in [6.45, 7) is 5.46. The van der Waals surface area contributed by atoms with Crippen LogP contribution in [0.4, 0.5) is 0 Å². The normalized spacial score (nSPS) is 25.4. The maximum absolute atomic E-state index is 6.03. The standard InChI is InChI=1S/C14H21NO/c1-3-12-5-4-6-13(10-12)16-14-7-8-15-11(2)9-14/h4-6,10-11,14-15H,3,7-9H2,1-2H3. The number of nitrogens with one attached hydrogen (secondary N) is 1. The van der Waals surface area contributed by atoms with Crippen LogP contribution in [0.2, 0.25) is 0 Å². The summed E-state index contributed by atoms with van der Waals surface area (Å²) in [5.74, 6) is 1.03. The van der Waals surface area contributed by atoms with Crippen molar-refractivity contribution in [2.45, 2.75) is 45.3 Å². The maximum Gasteiger partial charge on any atom is 0.119 e. The summed E-state index contributed by atoms with van der Waals surface area (Å²) >= 11 is 0. The molecule has 2 nitrogen and oxygen atoms in total. The molecule has 0 spiro atoms. The molecule has 1 aromatic rings. The molecule has 2 atom stereocenters. The van der Waals surface area contributed by atoms with Crippen molar-refractivity contribution in [3.63, 3.8) is 0 Å². The van der Waals surface area contributed by atoms with Gasteiger partial charge in [-0.05, 0) is 50.4 Å². The van der Waals surface area contributed by atoms with Crippen molar-refractivity contribution in [3.8, 4) is 5.75 Å². The lowest BCUT2D eigenvalue weighted by Crippen LogP contribution is -2.40. The van der Waals surface area contributed by atoms with Gasteiger partial charge in [0.15, 0.2) is 0 Å².